The SMILES string of the molecule is COc1ccccc1CNC(=O)COC(=O)[C@@H](Br)C12CC3CC(CC(C3)C1)C2. The van der Waals surface area contributed by atoms with Gasteiger partial charge >= 0.3 is 5.97 Å². The lowest BCUT2D eigenvalue weighted by Crippen LogP contribution is -2.52. The number of ether oxygens (including phenoxy) is 2. The van der Waals surface area contributed by atoms with Crippen molar-refractivity contribution in [1.29, 1.82) is 0 Å². The predicted octanol–water partition coefficient (Wildman–Crippen LogP) is 3.83. The Morgan fingerprint density at radius 3 is 2.36 bits per heavy atom. The Hall–Kier alpha value is -1.56. The van der Waals surface area contributed by atoms with Crippen LogP contribution in [0, 0.1) is 23.2 Å². The minimum absolute atomic E-state index is 0.0275. The first-order valence-corrected chi connectivity index (χ1v) is 11.1. The maximum Gasteiger partial charge on any atom is 0.320 e. The molecule has 5 rings (SSSR count). The summed E-state index contributed by atoms with van der Waals surface area (Å²) in [5.41, 5.74) is 0.913. The molecule has 5 nitrogen and oxygen atoms in total. The summed E-state index contributed by atoms with van der Waals surface area (Å²) in [5.74, 6) is 2.43. The van der Waals surface area contributed by atoms with Crippen LogP contribution in [0.2, 0.25) is 0 Å². The van der Waals surface area contributed by atoms with Crippen molar-refractivity contribution in [1.82, 2.24) is 5.32 Å². The molecule has 28 heavy (non-hydrogen) atoms. The van der Waals surface area contributed by atoms with E-state index >= 15 is 0 Å². The van der Waals surface area contributed by atoms with E-state index in [1.54, 1.807) is 7.11 Å². The number of carbonyl (C=O) groups excluding carboxylic acids is 2. The first-order chi connectivity index (χ1) is 13.5. The summed E-state index contributed by atoms with van der Waals surface area (Å²) in [6, 6.07) is 7.52. The quantitative estimate of drug-likeness (QED) is 0.507. The second kappa shape index (κ2) is 8.05. The van der Waals surface area contributed by atoms with Crippen LogP contribution >= 0.6 is 15.9 Å². The number of para-hydroxylation sites is 1. The summed E-state index contributed by atoms with van der Waals surface area (Å²) in [6.07, 6.45) is 7.34. The van der Waals surface area contributed by atoms with Crippen LogP contribution in [-0.4, -0.2) is 30.4 Å². The molecule has 152 valence electrons. The van der Waals surface area contributed by atoms with Crippen LogP contribution in [0.5, 0.6) is 5.75 Å². The van der Waals surface area contributed by atoms with Crippen molar-refractivity contribution in [3.05, 3.63) is 29.8 Å². The van der Waals surface area contributed by atoms with Gasteiger partial charge in [0.05, 0.1) is 7.11 Å². The van der Waals surface area contributed by atoms with Gasteiger partial charge in [0.15, 0.2) is 6.61 Å². The first kappa shape index (κ1) is 19.7. The second-order valence-electron chi connectivity index (χ2n) is 8.84. The third-order valence-electron chi connectivity index (χ3n) is 6.84. The summed E-state index contributed by atoms with van der Waals surface area (Å²) in [7, 11) is 1.60. The zero-order chi connectivity index (χ0) is 19.7. The van der Waals surface area contributed by atoms with E-state index in [4.69, 9.17) is 9.47 Å². The highest BCUT2D eigenvalue weighted by Gasteiger charge is 2.55. The number of esters is 1. The molecule has 4 fully saturated rings. The number of carbonyl (C=O) groups is 2. The number of nitrogens with one attached hydrogen (secondary N) is 1. The predicted molar refractivity (Wildman–Crippen MR) is 109 cm³/mol. The zero-order valence-electron chi connectivity index (χ0n) is 16.3. The van der Waals surface area contributed by atoms with Crippen LogP contribution < -0.4 is 10.1 Å². The van der Waals surface area contributed by atoms with Crippen molar-refractivity contribution in [3.63, 3.8) is 0 Å². The lowest BCUT2D eigenvalue weighted by atomic mass is 9.49. The van der Waals surface area contributed by atoms with Gasteiger partial charge in [-0.1, -0.05) is 34.1 Å². The van der Waals surface area contributed by atoms with Crippen molar-refractivity contribution in [2.45, 2.75) is 49.9 Å². The van der Waals surface area contributed by atoms with Crippen molar-refractivity contribution in [2.75, 3.05) is 13.7 Å². The fraction of sp³-hybridized carbons (Fsp3) is 0.636. The Balaban J connectivity index is 1.28. The van der Waals surface area contributed by atoms with Gasteiger partial charge in [-0.15, -0.1) is 0 Å². The Morgan fingerprint density at radius 2 is 1.75 bits per heavy atom. The van der Waals surface area contributed by atoms with Crippen LogP contribution in [0.25, 0.3) is 0 Å². The smallest absolute Gasteiger partial charge is 0.320 e. The molecule has 4 bridgehead atoms. The maximum absolute atomic E-state index is 12.7. The highest BCUT2D eigenvalue weighted by Crippen LogP contribution is 2.62. The summed E-state index contributed by atoms with van der Waals surface area (Å²) >= 11 is 3.65. The minimum Gasteiger partial charge on any atom is -0.496 e. The average Bonchev–Trinajstić information content (AvgIpc) is 2.69. The Morgan fingerprint density at radius 1 is 1.14 bits per heavy atom. The first-order valence-electron chi connectivity index (χ1n) is 10.2. The largest absolute Gasteiger partial charge is 0.496 e. The third-order valence-corrected chi connectivity index (χ3v) is 8.19. The monoisotopic (exact) mass is 449 g/mol. The van der Waals surface area contributed by atoms with Crippen LogP contribution in [0.3, 0.4) is 0 Å². The van der Waals surface area contributed by atoms with E-state index in [0.717, 1.165) is 48.3 Å². The molecule has 0 aromatic heterocycles. The van der Waals surface area contributed by atoms with E-state index in [-0.39, 0.29) is 28.7 Å². The van der Waals surface area contributed by atoms with Gasteiger partial charge in [-0.2, -0.15) is 0 Å². The molecule has 4 aliphatic rings. The molecule has 0 unspecified atom stereocenters. The normalized spacial score (nSPS) is 31.3. The Kier molecular flexibility index (Phi) is 5.68. The molecule has 0 saturated heterocycles. The zero-order valence-corrected chi connectivity index (χ0v) is 17.9. The van der Waals surface area contributed by atoms with E-state index in [1.165, 1.54) is 19.3 Å². The molecule has 0 radical (unpaired) electrons. The van der Waals surface area contributed by atoms with E-state index in [0.29, 0.717) is 6.54 Å². The summed E-state index contributed by atoms with van der Waals surface area (Å²) < 4.78 is 10.7. The second-order valence-corrected chi connectivity index (χ2v) is 9.75. The number of rotatable bonds is 7. The summed E-state index contributed by atoms with van der Waals surface area (Å²) in [6.45, 7) is 0.0928. The van der Waals surface area contributed by atoms with Gasteiger partial charge in [0, 0.05) is 12.1 Å². The fourth-order valence-corrected chi connectivity index (χ4v) is 6.73. The molecule has 0 spiro atoms. The van der Waals surface area contributed by atoms with Gasteiger partial charge in [-0.3, -0.25) is 9.59 Å². The number of hydrogen-bond donors (Lipinski definition) is 1. The Labute approximate surface area is 174 Å². The molecule has 1 atom stereocenters. The molecule has 1 amide bonds. The molecule has 6 heteroatoms. The molecule has 0 heterocycles. The van der Waals surface area contributed by atoms with Crippen molar-refractivity contribution >= 4 is 27.8 Å². The number of halogens is 1. The number of alkyl halides is 1. The van der Waals surface area contributed by atoms with Gasteiger partial charge < -0.3 is 14.8 Å². The Bertz CT molecular complexity index is 715. The number of hydrogen-bond acceptors (Lipinski definition) is 4. The maximum atomic E-state index is 12.7. The molecule has 1 aromatic carbocycles. The van der Waals surface area contributed by atoms with Crippen LogP contribution in [-0.2, 0) is 20.9 Å². The van der Waals surface area contributed by atoms with Gasteiger partial charge in [0.2, 0.25) is 0 Å². The van der Waals surface area contributed by atoms with Crippen molar-refractivity contribution in [2.24, 2.45) is 23.2 Å². The van der Waals surface area contributed by atoms with Crippen LogP contribution in [0.15, 0.2) is 24.3 Å². The van der Waals surface area contributed by atoms with E-state index in [2.05, 4.69) is 21.2 Å². The molecule has 4 aliphatic carbocycles. The number of methoxy groups -OCH3 is 1. The van der Waals surface area contributed by atoms with Gasteiger partial charge in [0.25, 0.3) is 5.91 Å². The van der Waals surface area contributed by atoms with Crippen LogP contribution in [0.1, 0.15) is 44.1 Å². The molecule has 0 aliphatic heterocycles. The topological polar surface area (TPSA) is 64.6 Å². The third kappa shape index (κ3) is 3.93. The highest BCUT2D eigenvalue weighted by molar-refractivity contribution is 9.10. The summed E-state index contributed by atoms with van der Waals surface area (Å²) in [5, 5.41) is 2.79. The van der Waals surface area contributed by atoms with E-state index < -0.39 is 0 Å². The standard InChI is InChI=1S/C22H28BrNO4/c1-27-18-5-3-2-4-17(18)12-24-19(25)13-28-21(26)20(23)22-9-14-6-15(10-22)8-16(7-14)11-22/h2-5,14-16,20H,6-13H2,1H3,(H,24,25)/t14?,15?,16?,20-,22?/m1/s1. The highest BCUT2D eigenvalue weighted by atomic mass is 79.9. The molecule has 1 aromatic rings. The average molecular weight is 450 g/mol. The van der Waals surface area contributed by atoms with Crippen molar-refractivity contribution < 1.29 is 19.1 Å². The molecule has 4 saturated carbocycles. The fourth-order valence-electron chi connectivity index (χ4n) is 6.04. The van der Waals surface area contributed by atoms with Gasteiger partial charge in [-0.05, 0) is 67.8 Å². The summed E-state index contributed by atoms with van der Waals surface area (Å²) in [4.78, 5) is 24.5. The lowest BCUT2D eigenvalue weighted by molar-refractivity contribution is -0.154. The molecular formula is C22H28BrNO4. The van der Waals surface area contributed by atoms with Crippen LogP contribution in [0.4, 0.5) is 0 Å². The van der Waals surface area contributed by atoms with Gasteiger partial charge in [0.1, 0.15) is 10.6 Å². The van der Waals surface area contributed by atoms with E-state index in [9.17, 15) is 9.59 Å². The number of amides is 1. The van der Waals surface area contributed by atoms with Crippen molar-refractivity contribution in [3.8, 4) is 5.75 Å². The van der Waals surface area contributed by atoms with Gasteiger partial charge in [-0.25, -0.2) is 0 Å². The number of benzene rings is 1. The lowest BCUT2D eigenvalue weighted by Gasteiger charge is -2.57. The molecule has 1 N–H and O–H groups in total. The molecular weight excluding hydrogens is 422 g/mol. The van der Waals surface area contributed by atoms with E-state index in [1.807, 2.05) is 24.3 Å². The minimum atomic E-state index is -0.310.